The van der Waals surface area contributed by atoms with Crippen molar-refractivity contribution in [1.29, 1.82) is 0 Å². The molecule has 3 aromatic rings. The van der Waals surface area contributed by atoms with E-state index in [1.165, 1.54) is 5.56 Å². The molecule has 0 amide bonds. The van der Waals surface area contributed by atoms with Gasteiger partial charge in [-0.25, -0.2) is 8.42 Å². The van der Waals surface area contributed by atoms with E-state index in [2.05, 4.69) is 6.07 Å². The summed E-state index contributed by atoms with van der Waals surface area (Å²) in [5.41, 5.74) is 2.29. The highest BCUT2D eigenvalue weighted by molar-refractivity contribution is 7.89. The summed E-state index contributed by atoms with van der Waals surface area (Å²) in [7, 11) is -3.60. The zero-order valence-electron chi connectivity index (χ0n) is 12.9. The van der Waals surface area contributed by atoms with Crippen LogP contribution in [0.4, 0.5) is 0 Å². The van der Waals surface area contributed by atoms with Gasteiger partial charge in [0, 0.05) is 23.5 Å². The number of hydrogen-bond donors (Lipinski definition) is 0. The number of hydrogen-bond acceptors (Lipinski definition) is 2. The Morgan fingerprint density at radius 1 is 0.875 bits per heavy atom. The summed E-state index contributed by atoms with van der Waals surface area (Å²) in [5, 5.41) is 1.89. The van der Waals surface area contributed by atoms with E-state index >= 15 is 0 Å². The summed E-state index contributed by atoms with van der Waals surface area (Å²) in [6.45, 7) is 0.888. The summed E-state index contributed by atoms with van der Waals surface area (Å²) < 4.78 is 28.0. The molecular weight excluding hydrogens is 342 g/mol. The van der Waals surface area contributed by atoms with Gasteiger partial charge in [-0.1, -0.05) is 60.1 Å². The van der Waals surface area contributed by atoms with E-state index in [0.717, 1.165) is 17.4 Å². The molecule has 0 fully saturated rings. The molecule has 0 saturated carbocycles. The molecule has 0 saturated heterocycles. The highest BCUT2D eigenvalue weighted by Gasteiger charge is 2.29. The highest BCUT2D eigenvalue weighted by atomic mass is 35.5. The first-order chi connectivity index (χ1) is 11.6. The van der Waals surface area contributed by atoms with E-state index in [1.54, 1.807) is 22.5 Å². The Bertz CT molecular complexity index is 1030. The molecule has 4 rings (SSSR count). The Kier molecular flexibility index (Phi) is 3.83. The number of fused-ring (bicyclic) bond motifs is 2. The Morgan fingerprint density at radius 3 is 2.38 bits per heavy atom. The SMILES string of the molecule is O=S(=O)(c1cccc2cccc(Cl)c12)N1CCc2ccccc2C1. The van der Waals surface area contributed by atoms with E-state index in [4.69, 9.17) is 11.6 Å². The van der Waals surface area contributed by atoms with Crippen LogP contribution in [-0.2, 0) is 23.0 Å². The van der Waals surface area contributed by atoms with Crippen LogP contribution in [0, 0.1) is 0 Å². The minimum absolute atomic E-state index is 0.282. The summed E-state index contributed by atoms with van der Waals surface area (Å²) in [5.74, 6) is 0. The normalized spacial score (nSPS) is 15.4. The third-order valence-corrected chi connectivity index (χ3v) is 6.73. The van der Waals surface area contributed by atoms with Gasteiger partial charge in [0.2, 0.25) is 10.0 Å². The van der Waals surface area contributed by atoms with E-state index in [0.29, 0.717) is 23.5 Å². The van der Waals surface area contributed by atoms with Gasteiger partial charge < -0.3 is 0 Å². The van der Waals surface area contributed by atoms with Gasteiger partial charge in [-0.2, -0.15) is 4.31 Å². The van der Waals surface area contributed by atoms with Crippen molar-refractivity contribution in [2.45, 2.75) is 17.9 Å². The number of nitrogens with zero attached hydrogens (tertiary/aromatic N) is 1. The van der Waals surface area contributed by atoms with Gasteiger partial charge in [-0.15, -0.1) is 0 Å². The predicted molar refractivity (Wildman–Crippen MR) is 96.7 cm³/mol. The lowest BCUT2D eigenvalue weighted by Crippen LogP contribution is -2.36. The van der Waals surface area contributed by atoms with Gasteiger partial charge in [0.1, 0.15) is 0 Å². The standard InChI is InChI=1S/C19H16ClNO2S/c20-17-9-3-7-15-8-4-10-18(19(15)17)24(22,23)21-12-11-14-5-1-2-6-16(14)13-21/h1-10H,11-13H2. The maximum atomic E-state index is 13.2. The monoisotopic (exact) mass is 357 g/mol. The average molecular weight is 358 g/mol. The van der Waals surface area contributed by atoms with Crippen LogP contribution in [0.5, 0.6) is 0 Å². The molecule has 5 heteroatoms. The van der Waals surface area contributed by atoms with Gasteiger partial charge in [0.05, 0.1) is 4.90 Å². The van der Waals surface area contributed by atoms with Crippen molar-refractivity contribution in [3.63, 3.8) is 0 Å². The molecule has 122 valence electrons. The zero-order chi connectivity index (χ0) is 16.7. The molecule has 0 aliphatic carbocycles. The lowest BCUT2D eigenvalue weighted by atomic mass is 10.0. The van der Waals surface area contributed by atoms with Gasteiger partial charge in [0.25, 0.3) is 0 Å². The third kappa shape index (κ3) is 2.51. The molecule has 24 heavy (non-hydrogen) atoms. The quantitative estimate of drug-likeness (QED) is 0.688. The average Bonchev–Trinajstić information content (AvgIpc) is 2.61. The minimum Gasteiger partial charge on any atom is -0.207 e. The minimum atomic E-state index is -3.60. The molecule has 0 bridgehead atoms. The topological polar surface area (TPSA) is 37.4 Å². The van der Waals surface area contributed by atoms with Crippen molar-refractivity contribution in [2.24, 2.45) is 0 Å². The van der Waals surface area contributed by atoms with Crippen molar-refractivity contribution in [1.82, 2.24) is 4.31 Å². The van der Waals surface area contributed by atoms with Crippen molar-refractivity contribution < 1.29 is 8.42 Å². The van der Waals surface area contributed by atoms with Crippen LogP contribution in [0.1, 0.15) is 11.1 Å². The zero-order valence-corrected chi connectivity index (χ0v) is 14.5. The molecule has 0 N–H and O–H groups in total. The Labute approximate surface area is 146 Å². The second-order valence-corrected chi connectivity index (χ2v) is 8.26. The van der Waals surface area contributed by atoms with Crippen molar-refractivity contribution in [3.05, 3.63) is 76.8 Å². The van der Waals surface area contributed by atoms with Crippen LogP contribution in [0.25, 0.3) is 10.8 Å². The fourth-order valence-corrected chi connectivity index (χ4v) is 5.29. The summed E-state index contributed by atoms with van der Waals surface area (Å²) >= 11 is 6.31. The molecule has 1 heterocycles. The molecule has 3 aromatic carbocycles. The van der Waals surface area contributed by atoms with Crippen molar-refractivity contribution >= 4 is 32.4 Å². The maximum Gasteiger partial charge on any atom is 0.244 e. The van der Waals surface area contributed by atoms with Crippen LogP contribution >= 0.6 is 11.6 Å². The van der Waals surface area contributed by atoms with Gasteiger partial charge in [-0.05, 0) is 35.1 Å². The summed E-state index contributed by atoms with van der Waals surface area (Å²) in [4.78, 5) is 0.282. The van der Waals surface area contributed by atoms with Crippen molar-refractivity contribution in [2.75, 3.05) is 6.54 Å². The van der Waals surface area contributed by atoms with Crippen LogP contribution in [-0.4, -0.2) is 19.3 Å². The number of halogens is 1. The van der Waals surface area contributed by atoms with Crippen LogP contribution in [0.2, 0.25) is 5.02 Å². The molecule has 0 atom stereocenters. The Hall–Kier alpha value is -1.88. The first kappa shape index (κ1) is 15.6. The van der Waals surface area contributed by atoms with Gasteiger partial charge in [-0.3, -0.25) is 0 Å². The van der Waals surface area contributed by atoms with Crippen LogP contribution in [0.15, 0.2) is 65.6 Å². The molecule has 0 radical (unpaired) electrons. The third-order valence-electron chi connectivity index (χ3n) is 4.53. The second-order valence-electron chi connectivity index (χ2n) is 5.95. The molecular formula is C19H16ClNO2S. The van der Waals surface area contributed by atoms with E-state index in [-0.39, 0.29) is 4.90 Å². The van der Waals surface area contributed by atoms with Gasteiger partial charge in [0.15, 0.2) is 0 Å². The fraction of sp³-hybridized carbons (Fsp3) is 0.158. The molecule has 3 nitrogen and oxygen atoms in total. The number of sulfonamides is 1. The first-order valence-corrected chi connectivity index (χ1v) is 9.63. The summed E-state index contributed by atoms with van der Waals surface area (Å²) in [6.07, 6.45) is 0.730. The number of rotatable bonds is 2. The molecule has 1 aliphatic heterocycles. The van der Waals surface area contributed by atoms with E-state index in [1.807, 2.05) is 36.4 Å². The smallest absolute Gasteiger partial charge is 0.207 e. The first-order valence-electron chi connectivity index (χ1n) is 7.81. The van der Waals surface area contributed by atoms with Crippen molar-refractivity contribution in [3.8, 4) is 0 Å². The lowest BCUT2D eigenvalue weighted by molar-refractivity contribution is 0.392. The predicted octanol–water partition coefficient (Wildman–Crippen LogP) is 4.24. The molecule has 0 aromatic heterocycles. The second kappa shape index (κ2) is 5.88. The van der Waals surface area contributed by atoms with Crippen LogP contribution < -0.4 is 0 Å². The Balaban J connectivity index is 1.83. The summed E-state index contributed by atoms with van der Waals surface area (Å²) in [6, 6.07) is 18.7. The number of benzene rings is 3. The fourth-order valence-electron chi connectivity index (χ4n) is 3.29. The molecule has 0 unspecified atom stereocenters. The maximum absolute atomic E-state index is 13.2. The largest absolute Gasteiger partial charge is 0.244 e. The molecule has 0 spiro atoms. The lowest BCUT2D eigenvalue weighted by Gasteiger charge is -2.28. The van der Waals surface area contributed by atoms with E-state index in [9.17, 15) is 8.42 Å². The van der Waals surface area contributed by atoms with E-state index < -0.39 is 10.0 Å². The molecule has 1 aliphatic rings. The highest BCUT2D eigenvalue weighted by Crippen LogP contribution is 2.33. The van der Waals surface area contributed by atoms with Crippen LogP contribution in [0.3, 0.4) is 0 Å². The van der Waals surface area contributed by atoms with Gasteiger partial charge >= 0.3 is 0 Å². The Morgan fingerprint density at radius 2 is 1.58 bits per heavy atom.